The van der Waals surface area contributed by atoms with Crippen LogP contribution in [0.5, 0.6) is 0 Å². The highest BCUT2D eigenvalue weighted by molar-refractivity contribution is 5.95. The number of carbonyl (C=O) groups excluding carboxylic acids is 1. The van der Waals surface area contributed by atoms with Crippen molar-refractivity contribution in [3.05, 3.63) is 48.0 Å². The molecular weight excluding hydrogens is 318 g/mol. The third-order valence-electron chi connectivity index (χ3n) is 4.57. The lowest BCUT2D eigenvalue weighted by Crippen LogP contribution is -2.32. The fourth-order valence-corrected chi connectivity index (χ4v) is 3.18. The zero-order valence-corrected chi connectivity index (χ0v) is 13.9. The quantitative estimate of drug-likeness (QED) is 0.873. The van der Waals surface area contributed by atoms with E-state index in [4.69, 9.17) is 0 Å². The number of benzene rings is 1. The minimum Gasteiger partial charge on any atom is -0.478 e. The summed E-state index contributed by atoms with van der Waals surface area (Å²) < 4.78 is 0. The van der Waals surface area contributed by atoms with Crippen molar-refractivity contribution < 1.29 is 14.7 Å². The Morgan fingerprint density at radius 3 is 2.44 bits per heavy atom. The summed E-state index contributed by atoms with van der Waals surface area (Å²) in [6.07, 6.45) is 8.55. The van der Waals surface area contributed by atoms with Gasteiger partial charge in [0.15, 0.2) is 0 Å². The van der Waals surface area contributed by atoms with E-state index in [9.17, 15) is 14.7 Å². The second-order valence-electron chi connectivity index (χ2n) is 6.29. The van der Waals surface area contributed by atoms with Crippen molar-refractivity contribution in [2.45, 2.75) is 38.6 Å². The molecule has 1 aromatic carbocycles. The molecule has 0 bridgehead atoms. The van der Waals surface area contributed by atoms with Crippen molar-refractivity contribution in [1.82, 2.24) is 15.3 Å². The highest BCUT2D eigenvalue weighted by atomic mass is 16.4. The molecule has 6 nitrogen and oxygen atoms in total. The maximum atomic E-state index is 12.1. The van der Waals surface area contributed by atoms with Crippen LogP contribution < -0.4 is 5.32 Å². The zero-order valence-electron chi connectivity index (χ0n) is 13.9. The van der Waals surface area contributed by atoms with Crippen molar-refractivity contribution in [2.75, 3.05) is 0 Å². The van der Waals surface area contributed by atoms with E-state index in [-0.39, 0.29) is 23.9 Å². The molecule has 1 saturated carbocycles. The molecule has 1 aromatic heterocycles. The zero-order chi connectivity index (χ0) is 17.6. The molecule has 3 rings (SSSR count). The summed E-state index contributed by atoms with van der Waals surface area (Å²) in [7, 11) is 0. The molecule has 0 aliphatic heterocycles. The number of rotatable bonds is 5. The number of nitrogens with zero attached hydrogens (tertiary/aromatic N) is 2. The molecule has 1 aliphatic rings. The van der Waals surface area contributed by atoms with Gasteiger partial charge in [-0.15, -0.1) is 0 Å². The van der Waals surface area contributed by atoms with Gasteiger partial charge in [-0.3, -0.25) is 4.79 Å². The number of nitrogens with one attached hydrogen (secondary N) is 1. The maximum Gasteiger partial charge on any atom is 0.336 e. The van der Waals surface area contributed by atoms with Gasteiger partial charge in [0.1, 0.15) is 5.82 Å². The lowest BCUT2D eigenvalue weighted by molar-refractivity contribution is -0.126. The number of amides is 1. The topological polar surface area (TPSA) is 92.2 Å². The average molecular weight is 339 g/mol. The van der Waals surface area contributed by atoms with Crippen LogP contribution in [0, 0.1) is 5.92 Å². The molecule has 1 aliphatic carbocycles. The summed E-state index contributed by atoms with van der Waals surface area (Å²) in [6, 6.07) is 6.74. The van der Waals surface area contributed by atoms with E-state index in [2.05, 4.69) is 15.3 Å². The molecule has 0 saturated heterocycles. The summed E-state index contributed by atoms with van der Waals surface area (Å²) in [6.45, 7) is 0.288. The number of aromatic nitrogens is 2. The summed E-state index contributed by atoms with van der Waals surface area (Å²) in [5, 5.41) is 12.2. The third kappa shape index (κ3) is 4.21. The van der Waals surface area contributed by atoms with Crippen LogP contribution in [0.2, 0.25) is 0 Å². The van der Waals surface area contributed by atoms with Crippen LogP contribution in [-0.4, -0.2) is 27.0 Å². The number of carboxylic acid groups (broad SMARTS) is 1. The molecule has 1 fully saturated rings. The molecule has 25 heavy (non-hydrogen) atoms. The summed E-state index contributed by atoms with van der Waals surface area (Å²) in [5.74, 6) is -0.292. The van der Waals surface area contributed by atoms with E-state index >= 15 is 0 Å². The predicted octanol–water partition coefficient (Wildman–Crippen LogP) is 3.04. The normalized spacial score (nSPS) is 14.9. The Balaban J connectivity index is 1.65. The van der Waals surface area contributed by atoms with Crippen LogP contribution in [-0.2, 0) is 11.3 Å². The number of hydrogen-bond acceptors (Lipinski definition) is 4. The highest BCUT2D eigenvalue weighted by Gasteiger charge is 2.20. The van der Waals surface area contributed by atoms with Crippen molar-refractivity contribution in [3.63, 3.8) is 0 Å². The van der Waals surface area contributed by atoms with Crippen molar-refractivity contribution >= 4 is 11.9 Å². The second kappa shape index (κ2) is 7.88. The number of hydrogen-bond donors (Lipinski definition) is 2. The smallest absolute Gasteiger partial charge is 0.336 e. The lowest BCUT2D eigenvalue weighted by Gasteiger charge is -2.20. The average Bonchev–Trinajstić information content (AvgIpc) is 2.67. The Morgan fingerprint density at radius 1 is 1.08 bits per heavy atom. The van der Waals surface area contributed by atoms with Gasteiger partial charge in [0.2, 0.25) is 5.91 Å². The van der Waals surface area contributed by atoms with E-state index in [1.165, 1.54) is 6.42 Å². The molecule has 0 atom stereocenters. The summed E-state index contributed by atoms with van der Waals surface area (Å²) >= 11 is 0. The van der Waals surface area contributed by atoms with Gasteiger partial charge < -0.3 is 10.4 Å². The predicted molar refractivity (Wildman–Crippen MR) is 92.8 cm³/mol. The van der Waals surface area contributed by atoms with Crippen LogP contribution in [0.3, 0.4) is 0 Å². The Morgan fingerprint density at radius 2 is 1.76 bits per heavy atom. The Kier molecular flexibility index (Phi) is 5.38. The fraction of sp³-hybridized carbons (Fsp3) is 0.368. The molecule has 1 heterocycles. The third-order valence-corrected chi connectivity index (χ3v) is 4.57. The Labute approximate surface area is 146 Å². The fourth-order valence-electron chi connectivity index (χ4n) is 3.18. The van der Waals surface area contributed by atoms with Gasteiger partial charge in [0.25, 0.3) is 0 Å². The number of aromatic carboxylic acids is 1. The SMILES string of the molecule is O=C(O)c1ccccc1-c1cnc(CNC(=O)C2CCCCC2)nc1. The minimum atomic E-state index is -0.987. The molecule has 2 N–H and O–H groups in total. The van der Waals surface area contributed by atoms with Crippen LogP contribution >= 0.6 is 0 Å². The van der Waals surface area contributed by atoms with E-state index in [1.807, 2.05) is 0 Å². The molecular formula is C19H21N3O3. The molecule has 130 valence electrons. The number of carbonyl (C=O) groups is 2. The first-order chi connectivity index (χ1) is 12.1. The van der Waals surface area contributed by atoms with Gasteiger partial charge in [-0.05, 0) is 24.5 Å². The summed E-state index contributed by atoms with van der Waals surface area (Å²) in [5.41, 5.74) is 1.43. The number of carboxylic acids is 1. The van der Waals surface area contributed by atoms with E-state index in [0.29, 0.717) is 17.0 Å². The molecule has 1 amide bonds. The van der Waals surface area contributed by atoms with E-state index in [0.717, 1.165) is 25.7 Å². The second-order valence-corrected chi connectivity index (χ2v) is 6.29. The van der Waals surface area contributed by atoms with Crippen LogP contribution in [0.25, 0.3) is 11.1 Å². The summed E-state index contributed by atoms with van der Waals surface area (Å²) in [4.78, 5) is 32.0. The standard InChI is InChI=1S/C19H21N3O3/c23-18(13-6-2-1-3-7-13)22-12-17-20-10-14(11-21-17)15-8-4-5-9-16(15)19(24)25/h4-5,8-11,13H,1-3,6-7,12H2,(H,22,23)(H,24,25). The largest absolute Gasteiger partial charge is 0.478 e. The minimum absolute atomic E-state index is 0.0728. The van der Waals surface area contributed by atoms with Gasteiger partial charge >= 0.3 is 5.97 Å². The molecule has 2 aromatic rings. The van der Waals surface area contributed by atoms with Gasteiger partial charge in [0, 0.05) is 23.9 Å². The van der Waals surface area contributed by atoms with E-state index < -0.39 is 5.97 Å². The Hall–Kier alpha value is -2.76. The molecule has 0 unspecified atom stereocenters. The monoisotopic (exact) mass is 339 g/mol. The highest BCUT2D eigenvalue weighted by Crippen LogP contribution is 2.24. The van der Waals surface area contributed by atoms with Crippen LogP contribution in [0.1, 0.15) is 48.3 Å². The van der Waals surface area contributed by atoms with E-state index in [1.54, 1.807) is 36.7 Å². The van der Waals surface area contributed by atoms with Crippen molar-refractivity contribution in [3.8, 4) is 11.1 Å². The van der Waals surface area contributed by atoms with Gasteiger partial charge in [-0.1, -0.05) is 37.5 Å². The van der Waals surface area contributed by atoms with Gasteiger partial charge in [-0.25, -0.2) is 14.8 Å². The first-order valence-corrected chi connectivity index (χ1v) is 8.56. The first-order valence-electron chi connectivity index (χ1n) is 8.56. The van der Waals surface area contributed by atoms with Crippen molar-refractivity contribution in [1.29, 1.82) is 0 Å². The van der Waals surface area contributed by atoms with Crippen molar-refractivity contribution in [2.24, 2.45) is 5.92 Å². The lowest BCUT2D eigenvalue weighted by atomic mass is 9.89. The molecule has 0 radical (unpaired) electrons. The molecule has 6 heteroatoms. The molecule has 0 spiro atoms. The van der Waals surface area contributed by atoms with Crippen LogP contribution in [0.4, 0.5) is 0 Å². The van der Waals surface area contributed by atoms with Crippen LogP contribution in [0.15, 0.2) is 36.7 Å². The van der Waals surface area contributed by atoms with Gasteiger partial charge in [-0.2, -0.15) is 0 Å². The maximum absolute atomic E-state index is 12.1. The first kappa shape index (κ1) is 17.1. The van der Waals surface area contributed by atoms with Gasteiger partial charge in [0.05, 0.1) is 12.1 Å². The Bertz CT molecular complexity index is 753.